The summed E-state index contributed by atoms with van der Waals surface area (Å²) in [6, 6.07) is 3.78. The van der Waals surface area contributed by atoms with E-state index in [9.17, 15) is 4.79 Å². The lowest BCUT2D eigenvalue weighted by molar-refractivity contribution is 0.0660. The van der Waals surface area contributed by atoms with Gasteiger partial charge >= 0.3 is 0 Å². The molecule has 6 nitrogen and oxygen atoms in total. The van der Waals surface area contributed by atoms with Crippen LogP contribution in [-0.2, 0) is 0 Å². The summed E-state index contributed by atoms with van der Waals surface area (Å²) >= 11 is 0. The molecule has 2 aromatic rings. The fraction of sp³-hybridized carbons (Fsp3) is 0.438. The zero-order valence-corrected chi connectivity index (χ0v) is 12.7. The maximum atomic E-state index is 12.6. The molecule has 0 radical (unpaired) electrons. The Morgan fingerprint density at radius 3 is 2.95 bits per heavy atom. The number of nitrogens with zero attached hydrogens (tertiary/aromatic N) is 4. The molecule has 0 spiro atoms. The summed E-state index contributed by atoms with van der Waals surface area (Å²) in [5, 5.41) is 0. The van der Waals surface area contributed by atoms with E-state index < -0.39 is 0 Å². The number of pyridine rings is 1. The fourth-order valence-electron chi connectivity index (χ4n) is 2.87. The Hall–Kier alpha value is -2.21. The molecule has 1 aliphatic rings. The van der Waals surface area contributed by atoms with Gasteiger partial charge in [0.1, 0.15) is 12.1 Å². The smallest absolute Gasteiger partial charge is 0.255 e. The van der Waals surface area contributed by atoms with Gasteiger partial charge in [0.25, 0.3) is 5.91 Å². The predicted octanol–water partition coefficient (Wildman–Crippen LogP) is 1.47. The Labute approximate surface area is 130 Å². The number of piperidine rings is 1. The SMILES string of the molecule is CC(N)C1CCCN(C(=O)c2ccc(-n3ccnc3)nc2)C1. The highest BCUT2D eigenvalue weighted by molar-refractivity contribution is 5.94. The lowest BCUT2D eigenvalue weighted by Crippen LogP contribution is -2.45. The van der Waals surface area contributed by atoms with Crippen LogP contribution in [-0.4, -0.2) is 44.5 Å². The second-order valence-corrected chi connectivity index (χ2v) is 5.89. The zero-order chi connectivity index (χ0) is 15.5. The van der Waals surface area contributed by atoms with Crippen LogP contribution in [0.1, 0.15) is 30.1 Å². The highest BCUT2D eigenvalue weighted by Gasteiger charge is 2.26. The minimum atomic E-state index is 0.0371. The van der Waals surface area contributed by atoms with Gasteiger partial charge in [-0.15, -0.1) is 0 Å². The summed E-state index contributed by atoms with van der Waals surface area (Å²) in [6.07, 6.45) is 8.94. The van der Waals surface area contributed by atoms with Crippen molar-refractivity contribution in [2.75, 3.05) is 13.1 Å². The van der Waals surface area contributed by atoms with E-state index in [4.69, 9.17) is 5.73 Å². The molecule has 1 fully saturated rings. The van der Waals surface area contributed by atoms with Crippen LogP contribution in [0.15, 0.2) is 37.1 Å². The van der Waals surface area contributed by atoms with Crippen molar-refractivity contribution >= 4 is 5.91 Å². The minimum Gasteiger partial charge on any atom is -0.338 e. The Morgan fingerprint density at radius 1 is 1.45 bits per heavy atom. The highest BCUT2D eigenvalue weighted by Crippen LogP contribution is 2.20. The van der Waals surface area contributed by atoms with Crippen molar-refractivity contribution in [2.24, 2.45) is 11.7 Å². The zero-order valence-electron chi connectivity index (χ0n) is 12.7. The third kappa shape index (κ3) is 3.01. The molecule has 0 bridgehead atoms. The average Bonchev–Trinajstić information content (AvgIpc) is 3.09. The number of amides is 1. The molecule has 22 heavy (non-hydrogen) atoms. The molecular formula is C16H21N5O. The first-order valence-corrected chi connectivity index (χ1v) is 7.64. The summed E-state index contributed by atoms with van der Waals surface area (Å²) in [5.41, 5.74) is 6.60. The number of carbonyl (C=O) groups excluding carboxylic acids is 1. The average molecular weight is 299 g/mol. The van der Waals surface area contributed by atoms with Crippen LogP contribution < -0.4 is 5.73 Å². The first kappa shape index (κ1) is 14.7. The van der Waals surface area contributed by atoms with Gasteiger partial charge in [-0.1, -0.05) is 0 Å². The molecule has 2 atom stereocenters. The number of aromatic nitrogens is 3. The molecule has 6 heteroatoms. The van der Waals surface area contributed by atoms with Crippen molar-refractivity contribution in [2.45, 2.75) is 25.8 Å². The van der Waals surface area contributed by atoms with E-state index in [1.165, 1.54) is 0 Å². The van der Waals surface area contributed by atoms with E-state index >= 15 is 0 Å². The quantitative estimate of drug-likeness (QED) is 0.931. The molecule has 2 aromatic heterocycles. The summed E-state index contributed by atoms with van der Waals surface area (Å²) in [4.78, 5) is 22.8. The lowest BCUT2D eigenvalue weighted by Gasteiger charge is -2.34. The fourth-order valence-corrected chi connectivity index (χ4v) is 2.87. The number of imidazole rings is 1. The standard InChI is InChI=1S/C16H21N5O/c1-12(17)14-3-2-7-20(10-14)16(22)13-4-5-15(19-9-13)21-8-6-18-11-21/h4-6,8-9,11-12,14H,2-3,7,10,17H2,1H3. The van der Waals surface area contributed by atoms with Gasteiger partial charge in [-0.3, -0.25) is 9.36 Å². The van der Waals surface area contributed by atoms with E-state index in [0.29, 0.717) is 11.5 Å². The van der Waals surface area contributed by atoms with Crippen molar-refractivity contribution in [3.05, 3.63) is 42.6 Å². The van der Waals surface area contributed by atoms with Gasteiger partial charge in [0.2, 0.25) is 0 Å². The van der Waals surface area contributed by atoms with Crippen LogP contribution >= 0.6 is 0 Å². The number of hydrogen-bond donors (Lipinski definition) is 1. The van der Waals surface area contributed by atoms with Crippen molar-refractivity contribution in [3.63, 3.8) is 0 Å². The molecule has 1 saturated heterocycles. The molecular weight excluding hydrogens is 278 g/mol. The van der Waals surface area contributed by atoms with E-state index in [-0.39, 0.29) is 11.9 Å². The molecule has 3 heterocycles. The molecule has 0 aliphatic carbocycles. The minimum absolute atomic E-state index is 0.0371. The van der Waals surface area contributed by atoms with Crippen molar-refractivity contribution in [1.82, 2.24) is 19.4 Å². The normalized spacial score (nSPS) is 19.9. The summed E-state index contributed by atoms with van der Waals surface area (Å²) < 4.78 is 1.81. The van der Waals surface area contributed by atoms with Crippen LogP contribution in [0.25, 0.3) is 5.82 Å². The molecule has 3 rings (SSSR count). The molecule has 0 saturated carbocycles. The van der Waals surface area contributed by atoms with Gasteiger partial charge in [0.15, 0.2) is 0 Å². The van der Waals surface area contributed by atoms with E-state index in [1.807, 2.05) is 30.2 Å². The second kappa shape index (κ2) is 6.27. The van der Waals surface area contributed by atoms with Gasteiger partial charge in [-0.25, -0.2) is 9.97 Å². The summed E-state index contributed by atoms with van der Waals surface area (Å²) in [5.74, 6) is 1.17. The second-order valence-electron chi connectivity index (χ2n) is 5.89. The van der Waals surface area contributed by atoms with Crippen LogP contribution in [0.3, 0.4) is 0 Å². The van der Waals surface area contributed by atoms with Gasteiger partial charge < -0.3 is 10.6 Å². The Balaban J connectivity index is 1.72. The van der Waals surface area contributed by atoms with E-state index in [2.05, 4.69) is 9.97 Å². The number of rotatable bonds is 3. The summed E-state index contributed by atoms with van der Waals surface area (Å²) in [7, 11) is 0. The molecule has 0 aromatic carbocycles. The largest absolute Gasteiger partial charge is 0.338 e. The summed E-state index contributed by atoms with van der Waals surface area (Å²) in [6.45, 7) is 3.55. The van der Waals surface area contributed by atoms with Crippen LogP contribution in [0.2, 0.25) is 0 Å². The Morgan fingerprint density at radius 2 is 2.32 bits per heavy atom. The molecule has 2 unspecified atom stereocenters. The molecule has 116 valence electrons. The third-order valence-electron chi connectivity index (χ3n) is 4.25. The van der Waals surface area contributed by atoms with Gasteiger partial charge in [0, 0.05) is 37.7 Å². The number of nitrogens with two attached hydrogens (primary N) is 1. The van der Waals surface area contributed by atoms with Crippen LogP contribution in [0.4, 0.5) is 0 Å². The number of carbonyl (C=O) groups is 1. The topological polar surface area (TPSA) is 77.0 Å². The molecule has 1 aliphatic heterocycles. The molecule has 2 N–H and O–H groups in total. The monoisotopic (exact) mass is 299 g/mol. The third-order valence-corrected chi connectivity index (χ3v) is 4.25. The van der Waals surface area contributed by atoms with Gasteiger partial charge in [-0.2, -0.15) is 0 Å². The van der Waals surface area contributed by atoms with Gasteiger partial charge in [0.05, 0.1) is 5.56 Å². The predicted molar refractivity (Wildman–Crippen MR) is 83.6 cm³/mol. The Bertz CT molecular complexity index is 620. The Kier molecular flexibility index (Phi) is 4.20. The number of likely N-dealkylation sites (tertiary alicyclic amines) is 1. The van der Waals surface area contributed by atoms with E-state index in [1.54, 1.807) is 23.3 Å². The van der Waals surface area contributed by atoms with E-state index in [0.717, 1.165) is 31.7 Å². The van der Waals surface area contributed by atoms with Gasteiger partial charge in [-0.05, 0) is 37.8 Å². The molecule has 1 amide bonds. The lowest BCUT2D eigenvalue weighted by atomic mass is 9.92. The van der Waals surface area contributed by atoms with Crippen molar-refractivity contribution in [1.29, 1.82) is 0 Å². The number of hydrogen-bond acceptors (Lipinski definition) is 4. The van der Waals surface area contributed by atoms with Crippen molar-refractivity contribution in [3.8, 4) is 5.82 Å². The van der Waals surface area contributed by atoms with Crippen molar-refractivity contribution < 1.29 is 4.79 Å². The first-order valence-electron chi connectivity index (χ1n) is 7.64. The maximum absolute atomic E-state index is 12.6. The highest BCUT2D eigenvalue weighted by atomic mass is 16.2. The maximum Gasteiger partial charge on any atom is 0.255 e. The first-order chi connectivity index (χ1) is 10.6. The van der Waals surface area contributed by atoms with Crippen LogP contribution in [0.5, 0.6) is 0 Å². The van der Waals surface area contributed by atoms with Crippen LogP contribution in [0, 0.1) is 5.92 Å².